The second-order valence-corrected chi connectivity index (χ2v) is 6.35. The molecule has 0 aliphatic rings. The largest absolute Gasteiger partial charge is 0.355 e. The third kappa shape index (κ3) is 4.01. The van der Waals surface area contributed by atoms with Crippen molar-refractivity contribution in [2.24, 2.45) is 5.92 Å². The number of rotatable bonds is 6. The van der Waals surface area contributed by atoms with Crippen molar-refractivity contribution >= 4 is 15.9 Å². The zero-order chi connectivity index (χ0) is 15.3. The van der Waals surface area contributed by atoms with Gasteiger partial charge in [0, 0.05) is 6.54 Å². The van der Waals surface area contributed by atoms with Crippen LogP contribution in [-0.2, 0) is 14.8 Å². The zero-order valence-corrected chi connectivity index (χ0v) is 12.5. The monoisotopic (exact) mass is 302 g/mol. The average molecular weight is 302 g/mol. The van der Waals surface area contributed by atoms with E-state index in [9.17, 15) is 17.6 Å². The van der Waals surface area contributed by atoms with E-state index in [1.54, 1.807) is 20.8 Å². The predicted molar refractivity (Wildman–Crippen MR) is 74.0 cm³/mol. The number of sulfonamides is 1. The van der Waals surface area contributed by atoms with Crippen molar-refractivity contribution in [2.45, 2.75) is 31.7 Å². The molecular formula is C13H19FN2O3S. The van der Waals surface area contributed by atoms with Crippen LogP contribution in [0.2, 0.25) is 0 Å². The average Bonchev–Trinajstić information content (AvgIpc) is 2.36. The first-order valence-corrected chi connectivity index (χ1v) is 7.82. The van der Waals surface area contributed by atoms with Gasteiger partial charge in [0.25, 0.3) is 0 Å². The molecule has 7 heteroatoms. The number of carbonyl (C=O) groups excluding carboxylic acids is 1. The molecule has 1 amide bonds. The molecule has 1 aromatic carbocycles. The normalized spacial score (nSPS) is 13.2. The molecule has 0 saturated heterocycles. The maximum atomic E-state index is 13.6. The quantitative estimate of drug-likeness (QED) is 0.831. The fourth-order valence-corrected chi connectivity index (χ4v) is 3.09. The zero-order valence-electron chi connectivity index (χ0n) is 11.7. The van der Waals surface area contributed by atoms with E-state index >= 15 is 0 Å². The summed E-state index contributed by atoms with van der Waals surface area (Å²) in [6, 6.07) is 4.10. The maximum absolute atomic E-state index is 13.6. The van der Waals surface area contributed by atoms with Crippen molar-refractivity contribution in [3.8, 4) is 0 Å². The van der Waals surface area contributed by atoms with Crippen LogP contribution in [-0.4, -0.2) is 26.9 Å². The molecule has 2 N–H and O–H groups in total. The van der Waals surface area contributed by atoms with Gasteiger partial charge in [0.15, 0.2) is 0 Å². The third-order valence-corrected chi connectivity index (χ3v) is 4.18. The molecule has 1 aromatic rings. The summed E-state index contributed by atoms with van der Waals surface area (Å²) in [5.74, 6) is -1.54. The maximum Gasteiger partial charge on any atom is 0.244 e. The van der Waals surface area contributed by atoms with Crippen LogP contribution in [0.4, 0.5) is 4.39 Å². The van der Waals surface area contributed by atoms with Gasteiger partial charge in [-0.15, -0.1) is 0 Å². The highest BCUT2D eigenvalue weighted by Crippen LogP contribution is 2.15. The number of benzene rings is 1. The van der Waals surface area contributed by atoms with Gasteiger partial charge in [0.05, 0.1) is 0 Å². The van der Waals surface area contributed by atoms with Crippen LogP contribution in [0.25, 0.3) is 0 Å². The molecule has 0 aliphatic carbocycles. The number of carbonyl (C=O) groups is 1. The number of nitrogens with one attached hydrogen (secondary N) is 2. The Morgan fingerprint density at radius 2 is 1.90 bits per heavy atom. The Labute approximate surface area is 118 Å². The van der Waals surface area contributed by atoms with Crippen LogP contribution < -0.4 is 10.0 Å². The number of hydrogen-bond acceptors (Lipinski definition) is 3. The summed E-state index contributed by atoms with van der Waals surface area (Å²) in [5, 5.41) is 2.56. The van der Waals surface area contributed by atoms with E-state index in [0.29, 0.717) is 6.54 Å². The first-order chi connectivity index (χ1) is 9.29. The summed E-state index contributed by atoms with van der Waals surface area (Å²) >= 11 is 0. The van der Waals surface area contributed by atoms with E-state index in [2.05, 4.69) is 10.0 Å². The summed E-state index contributed by atoms with van der Waals surface area (Å²) in [6.45, 7) is 5.55. The van der Waals surface area contributed by atoms with Gasteiger partial charge in [0.1, 0.15) is 16.8 Å². The van der Waals surface area contributed by atoms with E-state index in [1.165, 1.54) is 12.1 Å². The van der Waals surface area contributed by atoms with Gasteiger partial charge in [-0.2, -0.15) is 4.72 Å². The molecule has 0 aromatic heterocycles. The molecule has 0 heterocycles. The van der Waals surface area contributed by atoms with Gasteiger partial charge in [0.2, 0.25) is 15.9 Å². The smallest absolute Gasteiger partial charge is 0.244 e. The summed E-state index contributed by atoms with van der Waals surface area (Å²) in [4.78, 5) is 11.4. The Hall–Kier alpha value is -1.47. The first-order valence-electron chi connectivity index (χ1n) is 6.34. The molecule has 1 rings (SSSR count). The molecule has 0 unspecified atom stereocenters. The lowest BCUT2D eigenvalue weighted by atomic mass is 10.1. The minimum absolute atomic E-state index is 0.261. The highest BCUT2D eigenvalue weighted by Gasteiger charge is 2.29. The number of amides is 1. The van der Waals surface area contributed by atoms with Gasteiger partial charge in [-0.3, -0.25) is 4.79 Å². The second kappa shape index (κ2) is 6.81. The van der Waals surface area contributed by atoms with Gasteiger partial charge in [-0.05, 0) is 25.0 Å². The lowest BCUT2D eigenvalue weighted by Gasteiger charge is -2.21. The lowest BCUT2D eigenvalue weighted by molar-refractivity contribution is -0.123. The number of halogens is 1. The van der Waals surface area contributed by atoms with Gasteiger partial charge >= 0.3 is 0 Å². The molecule has 1 atom stereocenters. The molecule has 5 nitrogen and oxygen atoms in total. The van der Waals surface area contributed by atoms with Crippen molar-refractivity contribution in [1.82, 2.24) is 10.0 Å². The van der Waals surface area contributed by atoms with Crippen LogP contribution in [0.1, 0.15) is 20.8 Å². The van der Waals surface area contributed by atoms with E-state index < -0.39 is 32.7 Å². The molecule has 0 bridgehead atoms. The molecule has 20 heavy (non-hydrogen) atoms. The van der Waals surface area contributed by atoms with Crippen LogP contribution in [0, 0.1) is 11.7 Å². The topological polar surface area (TPSA) is 75.3 Å². The summed E-state index contributed by atoms with van der Waals surface area (Å²) in [5.41, 5.74) is 0. The Balaban J connectivity index is 3.04. The Morgan fingerprint density at radius 1 is 1.30 bits per heavy atom. The van der Waals surface area contributed by atoms with Crippen molar-refractivity contribution in [3.05, 3.63) is 30.1 Å². The van der Waals surface area contributed by atoms with Crippen LogP contribution in [0.3, 0.4) is 0 Å². The van der Waals surface area contributed by atoms with Crippen molar-refractivity contribution in [3.63, 3.8) is 0 Å². The molecule has 0 aliphatic heterocycles. The fourth-order valence-electron chi connectivity index (χ4n) is 1.67. The van der Waals surface area contributed by atoms with E-state index in [0.717, 1.165) is 12.1 Å². The summed E-state index contributed by atoms with van der Waals surface area (Å²) in [6.07, 6.45) is 0. The van der Waals surface area contributed by atoms with Crippen LogP contribution in [0.5, 0.6) is 0 Å². The first kappa shape index (κ1) is 16.6. The Kier molecular flexibility index (Phi) is 5.64. The second-order valence-electron chi connectivity index (χ2n) is 4.67. The van der Waals surface area contributed by atoms with Crippen molar-refractivity contribution < 1.29 is 17.6 Å². The predicted octanol–water partition coefficient (Wildman–Crippen LogP) is 1.26. The van der Waals surface area contributed by atoms with E-state index in [1.807, 2.05) is 0 Å². The SMILES string of the molecule is CCNC(=O)[C@@H](NS(=O)(=O)c1ccccc1F)C(C)C. The van der Waals surface area contributed by atoms with Crippen LogP contribution >= 0.6 is 0 Å². The number of likely N-dealkylation sites (N-methyl/N-ethyl adjacent to an activating group) is 1. The van der Waals surface area contributed by atoms with Crippen molar-refractivity contribution in [2.75, 3.05) is 6.54 Å². The Morgan fingerprint density at radius 3 is 2.40 bits per heavy atom. The van der Waals surface area contributed by atoms with Gasteiger partial charge in [-0.1, -0.05) is 26.0 Å². The number of hydrogen-bond donors (Lipinski definition) is 2. The highest BCUT2D eigenvalue weighted by atomic mass is 32.2. The molecule has 112 valence electrons. The molecular weight excluding hydrogens is 283 g/mol. The van der Waals surface area contributed by atoms with Crippen LogP contribution in [0.15, 0.2) is 29.2 Å². The van der Waals surface area contributed by atoms with E-state index in [-0.39, 0.29) is 5.92 Å². The minimum Gasteiger partial charge on any atom is -0.355 e. The molecule has 0 radical (unpaired) electrons. The Bertz CT molecular complexity index is 573. The highest BCUT2D eigenvalue weighted by molar-refractivity contribution is 7.89. The van der Waals surface area contributed by atoms with E-state index in [4.69, 9.17) is 0 Å². The molecule has 0 spiro atoms. The van der Waals surface area contributed by atoms with Gasteiger partial charge < -0.3 is 5.32 Å². The minimum atomic E-state index is -4.08. The van der Waals surface area contributed by atoms with Crippen molar-refractivity contribution in [1.29, 1.82) is 0 Å². The summed E-state index contributed by atoms with van der Waals surface area (Å²) < 4.78 is 40.1. The molecule has 0 fully saturated rings. The third-order valence-electron chi connectivity index (χ3n) is 2.71. The lowest BCUT2D eigenvalue weighted by Crippen LogP contribution is -2.49. The van der Waals surface area contributed by atoms with Gasteiger partial charge in [-0.25, -0.2) is 12.8 Å². The fraction of sp³-hybridized carbons (Fsp3) is 0.462. The summed E-state index contributed by atoms with van der Waals surface area (Å²) in [7, 11) is -4.08. The standard InChI is InChI=1S/C13H19FN2O3S/c1-4-15-13(17)12(9(2)3)16-20(18,19)11-8-6-5-7-10(11)14/h5-9,12,16H,4H2,1-3H3,(H,15,17)/t12-/m0/s1. The molecule has 0 saturated carbocycles.